The SMILES string of the molecule is COCCOc1ccc2c(n1)CCN(C(=O)CCn1nc(C)cc1C)C2. The molecule has 3 heterocycles. The summed E-state index contributed by atoms with van der Waals surface area (Å²) in [6, 6.07) is 5.89. The van der Waals surface area contributed by atoms with E-state index in [4.69, 9.17) is 9.47 Å². The number of carbonyl (C=O) groups excluding carboxylic acids is 1. The van der Waals surface area contributed by atoms with Gasteiger partial charge >= 0.3 is 0 Å². The molecule has 1 aliphatic heterocycles. The predicted octanol–water partition coefficient (Wildman–Crippen LogP) is 1.90. The van der Waals surface area contributed by atoms with Gasteiger partial charge in [-0.15, -0.1) is 0 Å². The first kappa shape index (κ1) is 18.4. The molecule has 0 atom stereocenters. The van der Waals surface area contributed by atoms with Gasteiger partial charge in [-0.1, -0.05) is 6.07 Å². The second kappa shape index (κ2) is 8.31. The Labute approximate surface area is 153 Å². The van der Waals surface area contributed by atoms with E-state index in [0.717, 1.165) is 29.1 Å². The van der Waals surface area contributed by atoms with Gasteiger partial charge in [0.25, 0.3) is 0 Å². The summed E-state index contributed by atoms with van der Waals surface area (Å²) in [4.78, 5) is 19.0. The summed E-state index contributed by atoms with van der Waals surface area (Å²) in [5.41, 5.74) is 4.18. The largest absolute Gasteiger partial charge is 0.475 e. The number of nitrogens with zero attached hydrogens (tertiary/aromatic N) is 4. The van der Waals surface area contributed by atoms with Crippen LogP contribution in [0.15, 0.2) is 18.2 Å². The highest BCUT2D eigenvalue weighted by atomic mass is 16.5. The van der Waals surface area contributed by atoms with Crippen molar-refractivity contribution in [2.45, 2.75) is 39.8 Å². The van der Waals surface area contributed by atoms with Crippen molar-refractivity contribution in [2.24, 2.45) is 0 Å². The van der Waals surface area contributed by atoms with Crippen molar-refractivity contribution in [2.75, 3.05) is 26.9 Å². The van der Waals surface area contributed by atoms with Gasteiger partial charge in [0, 0.05) is 51.3 Å². The number of hydrogen-bond donors (Lipinski definition) is 0. The molecule has 0 saturated carbocycles. The molecule has 0 aromatic carbocycles. The Kier molecular flexibility index (Phi) is 5.88. The third-order valence-corrected chi connectivity index (χ3v) is 4.55. The lowest BCUT2D eigenvalue weighted by Crippen LogP contribution is -2.36. The third-order valence-electron chi connectivity index (χ3n) is 4.55. The van der Waals surface area contributed by atoms with Crippen LogP contribution in [0.5, 0.6) is 5.88 Å². The number of pyridine rings is 1. The molecule has 140 valence electrons. The van der Waals surface area contributed by atoms with Gasteiger partial charge in [0.15, 0.2) is 0 Å². The average molecular weight is 358 g/mol. The highest BCUT2D eigenvalue weighted by molar-refractivity contribution is 5.76. The molecule has 0 fully saturated rings. The highest BCUT2D eigenvalue weighted by Gasteiger charge is 2.22. The second-order valence-electron chi connectivity index (χ2n) is 6.56. The van der Waals surface area contributed by atoms with Gasteiger partial charge in [-0.25, -0.2) is 4.98 Å². The summed E-state index contributed by atoms with van der Waals surface area (Å²) in [6.07, 6.45) is 1.21. The molecule has 1 aliphatic rings. The Morgan fingerprint density at radius 1 is 1.27 bits per heavy atom. The van der Waals surface area contributed by atoms with E-state index in [-0.39, 0.29) is 5.91 Å². The Morgan fingerprint density at radius 3 is 2.85 bits per heavy atom. The Bertz CT molecular complexity index is 772. The first-order chi connectivity index (χ1) is 12.6. The van der Waals surface area contributed by atoms with E-state index in [9.17, 15) is 4.79 Å². The van der Waals surface area contributed by atoms with Crippen LogP contribution in [-0.2, 0) is 29.0 Å². The fraction of sp³-hybridized carbons (Fsp3) is 0.526. The summed E-state index contributed by atoms with van der Waals surface area (Å²) in [5.74, 6) is 0.772. The molecule has 0 spiro atoms. The van der Waals surface area contributed by atoms with E-state index in [1.54, 1.807) is 7.11 Å². The Hall–Kier alpha value is -2.41. The molecular formula is C19H26N4O3. The van der Waals surface area contributed by atoms with E-state index in [1.807, 2.05) is 41.6 Å². The maximum atomic E-state index is 12.6. The molecule has 1 amide bonds. The minimum atomic E-state index is 0.156. The lowest BCUT2D eigenvalue weighted by molar-refractivity contribution is -0.132. The van der Waals surface area contributed by atoms with E-state index in [2.05, 4.69) is 10.1 Å². The number of ether oxygens (including phenoxy) is 2. The molecule has 2 aromatic rings. The van der Waals surface area contributed by atoms with Crippen molar-refractivity contribution >= 4 is 5.91 Å². The summed E-state index contributed by atoms with van der Waals surface area (Å²) >= 11 is 0. The molecule has 0 N–H and O–H groups in total. The molecule has 0 radical (unpaired) electrons. The number of fused-ring (bicyclic) bond motifs is 1. The molecule has 0 unspecified atom stereocenters. The molecule has 7 heteroatoms. The van der Waals surface area contributed by atoms with Gasteiger partial charge < -0.3 is 14.4 Å². The number of aryl methyl sites for hydroxylation is 3. The Morgan fingerprint density at radius 2 is 2.12 bits per heavy atom. The van der Waals surface area contributed by atoms with Crippen molar-refractivity contribution in [3.8, 4) is 5.88 Å². The van der Waals surface area contributed by atoms with Gasteiger partial charge in [-0.3, -0.25) is 9.48 Å². The van der Waals surface area contributed by atoms with Crippen LogP contribution in [0.25, 0.3) is 0 Å². The lowest BCUT2D eigenvalue weighted by Gasteiger charge is -2.28. The smallest absolute Gasteiger partial charge is 0.224 e. The molecule has 0 bridgehead atoms. The van der Waals surface area contributed by atoms with Crippen LogP contribution in [0.2, 0.25) is 0 Å². The van der Waals surface area contributed by atoms with E-state index in [0.29, 0.717) is 45.1 Å². The van der Waals surface area contributed by atoms with Crippen molar-refractivity contribution in [1.29, 1.82) is 0 Å². The minimum absolute atomic E-state index is 0.156. The van der Waals surface area contributed by atoms with Crippen molar-refractivity contribution in [3.63, 3.8) is 0 Å². The van der Waals surface area contributed by atoms with Crippen molar-refractivity contribution in [1.82, 2.24) is 19.7 Å². The first-order valence-corrected chi connectivity index (χ1v) is 8.96. The van der Waals surface area contributed by atoms with Gasteiger partial charge in [0.2, 0.25) is 11.8 Å². The van der Waals surface area contributed by atoms with Crippen LogP contribution in [0, 0.1) is 13.8 Å². The van der Waals surface area contributed by atoms with Crippen LogP contribution >= 0.6 is 0 Å². The van der Waals surface area contributed by atoms with Crippen LogP contribution in [0.1, 0.15) is 29.1 Å². The van der Waals surface area contributed by atoms with Gasteiger partial charge in [0.05, 0.1) is 18.0 Å². The highest BCUT2D eigenvalue weighted by Crippen LogP contribution is 2.21. The van der Waals surface area contributed by atoms with Crippen molar-refractivity contribution < 1.29 is 14.3 Å². The average Bonchev–Trinajstić information content (AvgIpc) is 2.96. The number of aromatic nitrogens is 3. The van der Waals surface area contributed by atoms with Crippen LogP contribution in [0.3, 0.4) is 0 Å². The van der Waals surface area contributed by atoms with Crippen LogP contribution < -0.4 is 4.74 Å². The number of rotatable bonds is 7. The zero-order valence-electron chi connectivity index (χ0n) is 15.7. The fourth-order valence-electron chi connectivity index (χ4n) is 3.18. The number of amides is 1. The molecule has 26 heavy (non-hydrogen) atoms. The molecule has 0 saturated heterocycles. The van der Waals surface area contributed by atoms with Crippen LogP contribution in [-0.4, -0.2) is 52.4 Å². The maximum absolute atomic E-state index is 12.6. The zero-order chi connectivity index (χ0) is 18.5. The van der Waals surface area contributed by atoms with E-state index >= 15 is 0 Å². The molecule has 7 nitrogen and oxygen atoms in total. The maximum Gasteiger partial charge on any atom is 0.224 e. The summed E-state index contributed by atoms with van der Waals surface area (Å²) in [7, 11) is 1.64. The zero-order valence-corrected chi connectivity index (χ0v) is 15.7. The van der Waals surface area contributed by atoms with Gasteiger partial charge in [-0.05, 0) is 25.5 Å². The summed E-state index contributed by atoms with van der Waals surface area (Å²) in [6.45, 7) is 6.92. The summed E-state index contributed by atoms with van der Waals surface area (Å²) in [5, 5.41) is 4.42. The fourth-order valence-corrected chi connectivity index (χ4v) is 3.18. The molecule has 2 aromatic heterocycles. The minimum Gasteiger partial charge on any atom is -0.475 e. The van der Waals surface area contributed by atoms with E-state index in [1.165, 1.54) is 0 Å². The third kappa shape index (κ3) is 4.40. The second-order valence-corrected chi connectivity index (χ2v) is 6.56. The number of hydrogen-bond acceptors (Lipinski definition) is 5. The van der Waals surface area contributed by atoms with Gasteiger partial charge in [0.1, 0.15) is 6.61 Å². The van der Waals surface area contributed by atoms with E-state index < -0.39 is 0 Å². The quantitative estimate of drug-likeness (QED) is 0.707. The summed E-state index contributed by atoms with van der Waals surface area (Å²) < 4.78 is 12.4. The molecule has 3 rings (SSSR count). The lowest BCUT2D eigenvalue weighted by atomic mass is 10.1. The molecule has 0 aliphatic carbocycles. The normalized spacial score (nSPS) is 13.6. The molecular weight excluding hydrogens is 332 g/mol. The van der Waals surface area contributed by atoms with Crippen LogP contribution in [0.4, 0.5) is 0 Å². The van der Waals surface area contributed by atoms with Crippen molar-refractivity contribution in [3.05, 3.63) is 40.8 Å². The number of carbonyl (C=O) groups is 1. The number of methoxy groups -OCH3 is 1. The monoisotopic (exact) mass is 358 g/mol. The predicted molar refractivity (Wildman–Crippen MR) is 97.0 cm³/mol. The Balaban J connectivity index is 1.55. The van der Waals surface area contributed by atoms with Gasteiger partial charge in [-0.2, -0.15) is 5.10 Å². The standard InChI is InChI=1S/C19H26N4O3/c1-14-12-15(2)23(21-14)9-7-19(24)22-8-6-17-16(13-22)4-5-18(20-17)26-11-10-25-3/h4-5,12H,6-11,13H2,1-3H3. The topological polar surface area (TPSA) is 69.5 Å². The first-order valence-electron chi connectivity index (χ1n) is 8.96.